The molecule has 8 rings (SSSR count). The Hall–Kier alpha value is -4.86. The Kier molecular flexibility index (Phi) is 9.92. The summed E-state index contributed by atoms with van der Waals surface area (Å²) in [4.78, 5) is 0. The number of allylic oxidation sites excluding steroid dienone is 2. The number of rotatable bonds is 8. The quantitative estimate of drug-likeness (QED) is 0.144. The van der Waals surface area contributed by atoms with Crippen LogP contribution in [0.15, 0.2) is 93.8 Å². The highest BCUT2D eigenvalue weighted by Crippen LogP contribution is 2.52. The van der Waals surface area contributed by atoms with Gasteiger partial charge in [0.15, 0.2) is 0 Å². The fourth-order valence-corrected chi connectivity index (χ4v) is 10.8. The van der Waals surface area contributed by atoms with Gasteiger partial charge in [0.25, 0.3) is 0 Å². The summed E-state index contributed by atoms with van der Waals surface area (Å²) >= 11 is 0. The number of hydrogen-bond donors (Lipinski definition) is 0. The third-order valence-corrected chi connectivity index (χ3v) is 14.2. The normalized spacial score (nSPS) is 16.5. The van der Waals surface area contributed by atoms with E-state index >= 15 is 0 Å². The fraction of sp³-hybridized carbons (Fsp3) is 0.333. The Morgan fingerprint density at radius 2 is 0.860 bits per heavy atom. The second-order valence-corrected chi connectivity index (χ2v) is 20.1. The Morgan fingerprint density at radius 3 is 1.18 bits per heavy atom. The number of fused-ring (bicyclic) bond motifs is 2. The van der Waals surface area contributed by atoms with Crippen molar-refractivity contribution in [2.24, 2.45) is 0 Å². The summed E-state index contributed by atoms with van der Waals surface area (Å²) < 4.78 is 12.8. The molecule has 0 bridgehead atoms. The lowest BCUT2D eigenvalue weighted by Crippen LogP contribution is -2.10. The van der Waals surface area contributed by atoms with E-state index in [0.29, 0.717) is 0 Å². The molecule has 2 aliphatic carbocycles. The Morgan fingerprint density at radius 1 is 0.491 bits per heavy atom. The predicted molar refractivity (Wildman–Crippen MR) is 244 cm³/mol. The number of benzene rings is 4. The number of furan rings is 2. The molecule has 2 aliphatic rings. The molecule has 2 aromatic heterocycles. The van der Waals surface area contributed by atoms with Crippen LogP contribution in [0.3, 0.4) is 0 Å². The molecule has 0 saturated heterocycles. The maximum Gasteiger partial charge on any atom is 0.130 e. The van der Waals surface area contributed by atoms with Crippen molar-refractivity contribution in [3.05, 3.63) is 164 Å². The van der Waals surface area contributed by atoms with E-state index in [4.69, 9.17) is 8.83 Å². The molecule has 0 aliphatic heterocycles. The van der Waals surface area contributed by atoms with Gasteiger partial charge in [-0.25, -0.2) is 0 Å². The van der Waals surface area contributed by atoms with Gasteiger partial charge in [-0.3, -0.25) is 0 Å². The average Bonchev–Trinajstić information content (AvgIpc) is 3.95. The van der Waals surface area contributed by atoms with Crippen LogP contribution in [0.5, 0.6) is 0 Å². The summed E-state index contributed by atoms with van der Waals surface area (Å²) in [6, 6.07) is 34.2. The zero-order valence-electron chi connectivity index (χ0n) is 36.1. The minimum absolute atomic E-state index is 0.111. The van der Waals surface area contributed by atoms with Crippen LogP contribution in [0.4, 0.5) is 0 Å². The Balaban J connectivity index is 1.17. The highest BCUT2D eigenvalue weighted by molar-refractivity contribution is 6.37. The van der Waals surface area contributed by atoms with Gasteiger partial charge in [-0.15, -0.1) is 0 Å². The number of aryl methyl sites for hydroxylation is 4. The van der Waals surface area contributed by atoms with E-state index in [0.717, 1.165) is 44.6 Å². The van der Waals surface area contributed by atoms with Crippen molar-refractivity contribution in [1.29, 1.82) is 0 Å². The molecule has 0 saturated carbocycles. The lowest BCUT2D eigenvalue weighted by molar-refractivity contribution is 0.518. The van der Waals surface area contributed by atoms with Crippen molar-refractivity contribution < 1.29 is 8.83 Å². The SMILES string of the molecule is Cc1ccc(C2=Cc3c(cc(C)c(C)c3-c3ccc(C(C)(C)C)cc3)C2C[Si]CC2C(c3ccc(C)o3)=Cc3c2cc(C)c(C)c3-c2ccc(C(C)(C)C)cc2)o1. The van der Waals surface area contributed by atoms with Crippen LogP contribution >= 0.6 is 0 Å². The van der Waals surface area contributed by atoms with Crippen molar-refractivity contribution in [2.45, 2.75) is 118 Å². The second-order valence-electron chi connectivity index (χ2n) is 18.8. The van der Waals surface area contributed by atoms with Crippen molar-refractivity contribution in [3.8, 4) is 22.3 Å². The number of hydrogen-bond acceptors (Lipinski definition) is 2. The van der Waals surface area contributed by atoms with Crippen LogP contribution in [-0.2, 0) is 10.8 Å². The first-order chi connectivity index (χ1) is 27.0. The van der Waals surface area contributed by atoms with Gasteiger partial charge in [-0.2, -0.15) is 0 Å². The second kappa shape index (κ2) is 14.5. The van der Waals surface area contributed by atoms with Gasteiger partial charge in [0.2, 0.25) is 0 Å². The highest BCUT2D eigenvalue weighted by Gasteiger charge is 2.34. The van der Waals surface area contributed by atoms with E-state index in [2.05, 4.69) is 180 Å². The van der Waals surface area contributed by atoms with Gasteiger partial charge in [0.1, 0.15) is 23.0 Å². The van der Waals surface area contributed by atoms with Crippen molar-refractivity contribution in [3.63, 3.8) is 0 Å². The molecule has 0 amide bonds. The fourth-order valence-electron chi connectivity index (χ4n) is 9.16. The van der Waals surface area contributed by atoms with Crippen LogP contribution in [0, 0.1) is 41.5 Å². The molecule has 4 aromatic carbocycles. The van der Waals surface area contributed by atoms with Gasteiger partial charge in [0, 0.05) is 32.5 Å². The van der Waals surface area contributed by atoms with Crippen molar-refractivity contribution in [2.75, 3.05) is 0 Å². The molecule has 0 spiro atoms. The molecule has 0 N–H and O–H groups in total. The van der Waals surface area contributed by atoms with Crippen LogP contribution in [0.2, 0.25) is 12.1 Å². The molecule has 2 unspecified atom stereocenters. The maximum atomic E-state index is 6.41. The van der Waals surface area contributed by atoms with E-state index in [9.17, 15) is 0 Å². The lowest BCUT2D eigenvalue weighted by atomic mass is 9.84. The monoisotopic (exact) mass is 766 g/mol. The molecule has 2 radical (unpaired) electrons. The van der Waals surface area contributed by atoms with E-state index < -0.39 is 0 Å². The summed E-state index contributed by atoms with van der Waals surface area (Å²) in [5.74, 6) is 4.41. The molecule has 0 fully saturated rings. The molecule has 57 heavy (non-hydrogen) atoms. The van der Waals surface area contributed by atoms with E-state index in [1.165, 1.54) is 89.0 Å². The van der Waals surface area contributed by atoms with Crippen molar-refractivity contribution >= 4 is 32.8 Å². The molecule has 290 valence electrons. The third-order valence-electron chi connectivity index (χ3n) is 12.8. The summed E-state index contributed by atoms with van der Waals surface area (Å²) in [7, 11) is 0.733. The van der Waals surface area contributed by atoms with Gasteiger partial charge in [-0.1, -0.05) is 102 Å². The van der Waals surface area contributed by atoms with E-state index in [1.807, 2.05) is 0 Å². The minimum atomic E-state index is 0.111. The molecule has 3 heteroatoms. The molecule has 2 nitrogen and oxygen atoms in total. The van der Waals surface area contributed by atoms with Gasteiger partial charge < -0.3 is 8.83 Å². The average molecular weight is 767 g/mol. The topological polar surface area (TPSA) is 26.3 Å². The zero-order valence-corrected chi connectivity index (χ0v) is 37.1. The first-order valence-corrected chi connectivity index (χ1v) is 22.2. The smallest absolute Gasteiger partial charge is 0.130 e. The Labute approximate surface area is 344 Å². The molecule has 2 heterocycles. The third kappa shape index (κ3) is 7.18. The van der Waals surface area contributed by atoms with Gasteiger partial charge in [-0.05, 0) is 179 Å². The predicted octanol–water partition coefficient (Wildman–Crippen LogP) is 15.2. The largest absolute Gasteiger partial charge is 0.462 e. The van der Waals surface area contributed by atoms with Crippen LogP contribution in [0.25, 0.3) is 45.6 Å². The summed E-state index contributed by atoms with van der Waals surface area (Å²) in [6.45, 7) is 27.0. The molecular formula is C54H58O2Si. The summed E-state index contributed by atoms with van der Waals surface area (Å²) in [6.07, 6.45) is 4.90. The minimum Gasteiger partial charge on any atom is -0.462 e. The van der Waals surface area contributed by atoms with Crippen LogP contribution in [0.1, 0.15) is 132 Å². The van der Waals surface area contributed by atoms with Crippen molar-refractivity contribution in [1.82, 2.24) is 0 Å². The van der Waals surface area contributed by atoms with Crippen LogP contribution in [-0.4, -0.2) is 9.52 Å². The van der Waals surface area contributed by atoms with E-state index in [1.54, 1.807) is 0 Å². The first-order valence-electron chi connectivity index (χ1n) is 20.8. The lowest BCUT2D eigenvalue weighted by Gasteiger charge is -2.23. The molecular weight excluding hydrogens is 709 g/mol. The standard InChI is InChI=1S/C54H58O2Si/c1-31-25-41-45(51(35(31)5)37-15-19-39(20-16-37)53(7,8)9)27-43(49-23-13-33(3)55-49)47(41)29-57-30-48-42-26-32(2)36(6)52(38-17-21-40(22-18-38)54(10,11)12)46(42)28-44(48)50-24-14-34(4)56-50/h13-28,47-48H,29-30H2,1-12H3. The zero-order chi connectivity index (χ0) is 40.6. The summed E-state index contributed by atoms with van der Waals surface area (Å²) in [5.41, 5.74) is 21.8. The summed E-state index contributed by atoms with van der Waals surface area (Å²) in [5, 5.41) is 0. The van der Waals surface area contributed by atoms with Gasteiger partial charge >= 0.3 is 0 Å². The van der Waals surface area contributed by atoms with Crippen LogP contribution < -0.4 is 0 Å². The maximum absolute atomic E-state index is 6.41. The Bertz CT molecular complexity index is 2370. The molecule has 2 atom stereocenters. The first kappa shape index (κ1) is 39.0. The van der Waals surface area contributed by atoms with Gasteiger partial charge in [0.05, 0.1) is 0 Å². The highest BCUT2D eigenvalue weighted by atomic mass is 28.2. The van der Waals surface area contributed by atoms with E-state index in [-0.39, 0.29) is 22.7 Å². The molecule has 6 aromatic rings.